The Morgan fingerprint density at radius 2 is 1.76 bits per heavy atom. The second-order valence-electron chi connectivity index (χ2n) is 9.39. The third-order valence-corrected chi connectivity index (χ3v) is 7.07. The van der Waals surface area contributed by atoms with Gasteiger partial charge in [0.2, 0.25) is 10.0 Å². The van der Waals surface area contributed by atoms with Crippen LogP contribution in [0, 0.1) is 0 Å². The molecule has 0 bridgehead atoms. The maximum absolute atomic E-state index is 12.9. The lowest BCUT2D eigenvalue weighted by molar-refractivity contribution is -0.127. The van der Waals surface area contributed by atoms with Crippen LogP contribution >= 0.6 is 0 Å². The van der Waals surface area contributed by atoms with Crippen molar-refractivity contribution in [2.75, 3.05) is 35.1 Å². The molecule has 0 fully saturated rings. The van der Waals surface area contributed by atoms with Gasteiger partial charge in [0.15, 0.2) is 6.10 Å². The van der Waals surface area contributed by atoms with Gasteiger partial charge < -0.3 is 15.0 Å². The van der Waals surface area contributed by atoms with Gasteiger partial charge in [-0.2, -0.15) is 0 Å². The van der Waals surface area contributed by atoms with Gasteiger partial charge in [-0.15, -0.1) is 0 Å². The molecule has 0 saturated heterocycles. The van der Waals surface area contributed by atoms with E-state index in [1.165, 1.54) is 4.31 Å². The number of anilines is 2. The topological polar surface area (TPSA) is 79.0 Å². The van der Waals surface area contributed by atoms with Crippen LogP contribution in [0.5, 0.6) is 5.75 Å². The number of hydrogen-bond acceptors (Lipinski definition) is 5. The summed E-state index contributed by atoms with van der Waals surface area (Å²) in [5.74, 6) is 0.0467. The summed E-state index contributed by atoms with van der Waals surface area (Å²) in [6.45, 7) is 12.6. The Balaban J connectivity index is 1.74. The van der Waals surface area contributed by atoms with E-state index in [0.717, 1.165) is 36.2 Å². The Bertz CT molecular complexity index is 1090. The summed E-state index contributed by atoms with van der Waals surface area (Å²) in [6.07, 6.45) is 0.223. The highest BCUT2D eigenvalue weighted by molar-refractivity contribution is 7.92. The number of ether oxygens (including phenoxy) is 1. The summed E-state index contributed by atoms with van der Waals surface area (Å²) in [7, 11) is -3.58. The number of carbonyl (C=O) groups excluding carboxylic acids is 1. The molecular formula is C25H35N3O4S. The minimum absolute atomic E-state index is 0.0633. The standard InChI is InChI=1S/C25H35N3O4S/c1-7-27(8-2)20-12-9-18(10-13-20)16-26-24(29)23-17-28(33(6,30)31)21-15-19(25(3,4)5)11-14-22(21)32-23/h9-15,23H,7-8,16-17H2,1-6H3,(H,26,29)/t23-/m0/s1. The summed E-state index contributed by atoms with van der Waals surface area (Å²) in [4.78, 5) is 15.1. The number of benzene rings is 2. The molecule has 0 unspecified atom stereocenters. The number of rotatable bonds is 7. The molecule has 2 aromatic rings. The van der Waals surface area contributed by atoms with E-state index in [0.29, 0.717) is 18.0 Å². The fourth-order valence-corrected chi connectivity index (χ4v) is 4.79. The van der Waals surface area contributed by atoms with E-state index in [4.69, 9.17) is 4.74 Å². The second kappa shape index (κ2) is 9.63. The first-order valence-electron chi connectivity index (χ1n) is 11.3. The van der Waals surface area contributed by atoms with E-state index in [-0.39, 0.29) is 17.9 Å². The quantitative estimate of drug-likeness (QED) is 0.664. The van der Waals surface area contributed by atoms with Crippen LogP contribution in [-0.4, -0.2) is 46.3 Å². The van der Waals surface area contributed by atoms with Crippen molar-refractivity contribution in [3.05, 3.63) is 53.6 Å². The van der Waals surface area contributed by atoms with Crippen LogP contribution < -0.4 is 19.3 Å². The molecule has 0 aromatic heterocycles. The van der Waals surface area contributed by atoms with Crippen LogP contribution in [0.25, 0.3) is 0 Å². The molecule has 8 heteroatoms. The molecule has 1 atom stereocenters. The number of amides is 1. The number of fused-ring (bicyclic) bond motifs is 1. The van der Waals surface area contributed by atoms with E-state index in [2.05, 4.69) is 44.8 Å². The van der Waals surface area contributed by atoms with E-state index >= 15 is 0 Å². The normalized spacial score (nSPS) is 16.1. The van der Waals surface area contributed by atoms with E-state index in [9.17, 15) is 13.2 Å². The molecule has 1 aliphatic rings. The Labute approximate surface area is 197 Å². The molecule has 33 heavy (non-hydrogen) atoms. The second-order valence-corrected chi connectivity index (χ2v) is 11.3. The predicted octanol–water partition coefficient (Wildman–Crippen LogP) is 3.67. The molecular weight excluding hydrogens is 438 g/mol. The van der Waals surface area contributed by atoms with Crippen molar-refractivity contribution in [2.45, 2.75) is 52.7 Å². The minimum atomic E-state index is -3.58. The lowest BCUT2D eigenvalue weighted by atomic mass is 9.86. The molecule has 180 valence electrons. The van der Waals surface area contributed by atoms with Crippen LogP contribution in [0.2, 0.25) is 0 Å². The van der Waals surface area contributed by atoms with Gasteiger partial charge in [0.05, 0.1) is 18.5 Å². The monoisotopic (exact) mass is 473 g/mol. The van der Waals surface area contributed by atoms with Crippen LogP contribution in [0.1, 0.15) is 45.7 Å². The van der Waals surface area contributed by atoms with Gasteiger partial charge in [0.25, 0.3) is 5.91 Å². The van der Waals surface area contributed by atoms with E-state index < -0.39 is 16.1 Å². The lowest BCUT2D eigenvalue weighted by Gasteiger charge is -2.35. The highest BCUT2D eigenvalue weighted by Gasteiger charge is 2.35. The van der Waals surface area contributed by atoms with Gasteiger partial charge in [-0.1, -0.05) is 39.0 Å². The van der Waals surface area contributed by atoms with Crippen LogP contribution in [-0.2, 0) is 26.8 Å². The third kappa shape index (κ3) is 5.79. The Hall–Kier alpha value is -2.74. The number of nitrogens with zero attached hydrogens (tertiary/aromatic N) is 2. The van der Waals surface area contributed by atoms with Crippen LogP contribution in [0.4, 0.5) is 11.4 Å². The van der Waals surface area contributed by atoms with Crippen molar-refractivity contribution in [3.63, 3.8) is 0 Å². The number of hydrogen-bond donors (Lipinski definition) is 1. The Morgan fingerprint density at radius 3 is 2.30 bits per heavy atom. The molecule has 7 nitrogen and oxygen atoms in total. The maximum Gasteiger partial charge on any atom is 0.263 e. The summed E-state index contributed by atoms with van der Waals surface area (Å²) in [5.41, 5.74) is 3.43. The highest BCUT2D eigenvalue weighted by Crippen LogP contribution is 2.38. The Kier molecular flexibility index (Phi) is 7.26. The molecule has 0 spiro atoms. The molecule has 0 saturated carbocycles. The first-order valence-corrected chi connectivity index (χ1v) is 13.2. The zero-order valence-electron chi connectivity index (χ0n) is 20.4. The molecule has 0 aliphatic carbocycles. The minimum Gasteiger partial charge on any atom is -0.476 e. The van der Waals surface area contributed by atoms with Crippen molar-refractivity contribution in [2.24, 2.45) is 0 Å². The summed E-state index contributed by atoms with van der Waals surface area (Å²) in [5, 5.41) is 2.88. The number of sulfonamides is 1. The lowest BCUT2D eigenvalue weighted by Crippen LogP contribution is -2.50. The van der Waals surface area contributed by atoms with Crippen molar-refractivity contribution < 1.29 is 17.9 Å². The van der Waals surface area contributed by atoms with Crippen molar-refractivity contribution >= 4 is 27.3 Å². The number of carbonyl (C=O) groups is 1. The molecule has 1 amide bonds. The van der Waals surface area contributed by atoms with Gasteiger partial charge in [-0.3, -0.25) is 9.10 Å². The Morgan fingerprint density at radius 1 is 1.12 bits per heavy atom. The maximum atomic E-state index is 12.9. The largest absolute Gasteiger partial charge is 0.476 e. The average Bonchev–Trinajstić information content (AvgIpc) is 2.76. The number of nitrogens with one attached hydrogen (secondary N) is 1. The predicted molar refractivity (Wildman–Crippen MR) is 134 cm³/mol. The van der Waals surface area contributed by atoms with Crippen LogP contribution in [0.3, 0.4) is 0 Å². The molecule has 1 aliphatic heterocycles. The highest BCUT2D eigenvalue weighted by atomic mass is 32.2. The molecule has 1 heterocycles. The fraction of sp³-hybridized carbons (Fsp3) is 0.480. The first-order chi connectivity index (χ1) is 15.4. The van der Waals surface area contributed by atoms with Crippen LogP contribution in [0.15, 0.2) is 42.5 Å². The molecule has 2 aromatic carbocycles. The smallest absolute Gasteiger partial charge is 0.263 e. The SMILES string of the molecule is CCN(CC)c1ccc(CNC(=O)[C@@H]2CN(S(C)(=O)=O)c3cc(C(C)(C)C)ccc3O2)cc1. The van der Waals surface area contributed by atoms with E-state index in [1.807, 2.05) is 36.4 Å². The van der Waals surface area contributed by atoms with Gasteiger partial charge in [0.1, 0.15) is 5.75 Å². The van der Waals surface area contributed by atoms with Crippen molar-refractivity contribution in [1.82, 2.24) is 5.32 Å². The zero-order valence-corrected chi connectivity index (χ0v) is 21.2. The van der Waals surface area contributed by atoms with Gasteiger partial charge in [-0.05, 0) is 54.7 Å². The van der Waals surface area contributed by atoms with Gasteiger partial charge >= 0.3 is 0 Å². The molecule has 0 radical (unpaired) electrons. The summed E-state index contributed by atoms with van der Waals surface area (Å²) in [6, 6.07) is 13.6. The average molecular weight is 474 g/mol. The van der Waals surface area contributed by atoms with Gasteiger partial charge in [-0.25, -0.2) is 8.42 Å². The zero-order chi connectivity index (χ0) is 24.4. The van der Waals surface area contributed by atoms with Crippen molar-refractivity contribution in [3.8, 4) is 5.75 Å². The summed E-state index contributed by atoms with van der Waals surface area (Å²) >= 11 is 0. The first kappa shape index (κ1) is 24.9. The third-order valence-electron chi connectivity index (χ3n) is 5.92. The summed E-state index contributed by atoms with van der Waals surface area (Å²) < 4.78 is 32.3. The van der Waals surface area contributed by atoms with Gasteiger partial charge in [0, 0.05) is 25.3 Å². The fourth-order valence-electron chi connectivity index (χ4n) is 3.88. The van der Waals surface area contributed by atoms with Crippen molar-refractivity contribution in [1.29, 1.82) is 0 Å². The van der Waals surface area contributed by atoms with E-state index in [1.54, 1.807) is 6.07 Å². The molecule has 1 N–H and O–H groups in total. The molecule has 3 rings (SSSR count).